The summed E-state index contributed by atoms with van der Waals surface area (Å²) in [6, 6.07) is 6.95. The summed E-state index contributed by atoms with van der Waals surface area (Å²) < 4.78 is 0. The summed E-state index contributed by atoms with van der Waals surface area (Å²) in [4.78, 5) is 0. The Hall–Kier alpha value is -1.09. The van der Waals surface area contributed by atoms with Gasteiger partial charge in [0.15, 0.2) is 5.11 Å². The number of rotatable bonds is 3. The van der Waals surface area contributed by atoms with Gasteiger partial charge in [-0.3, -0.25) is 0 Å². The van der Waals surface area contributed by atoms with Crippen LogP contribution in [-0.2, 0) is 0 Å². The Morgan fingerprint density at radius 3 is 2.25 bits per heavy atom. The van der Waals surface area contributed by atoms with E-state index in [0.717, 1.165) is 28.6 Å². The second-order valence-electron chi connectivity index (χ2n) is 8.92. The lowest BCUT2D eigenvalue weighted by atomic mass is 9.48. The lowest BCUT2D eigenvalue weighted by Crippen LogP contribution is -2.56. The monoisotopic (exact) mass is 342 g/mol. The number of hydrogen-bond donors (Lipinski definition) is 2. The van der Waals surface area contributed by atoms with E-state index < -0.39 is 0 Å². The van der Waals surface area contributed by atoms with Crippen LogP contribution in [0.25, 0.3) is 0 Å². The van der Waals surface area contributed by atoms with E-state index in [-0.39, 0.29) is 0 Å². The normalized spacial score (nSPS) is 34.9. The number of anilines is 1. The van der Waals surface area contributed by atoms with Crippen LogP contribution in [0.4, 0.5) is 5.69 Å². The fraction of sp³-hybridized carbons (Fsp3) is 0.667. The fourth-order valence-corrected chi connectivity index (χ4v) is 6.37. The maximum absolute atomic E-state index is 5.65. The summed E-state index contributed by atoms with van der Waals surface area (Å²) in [6.07, 6.45) is 8.74. The van der Waals surface area contributed by atoms with E-state index in [1.54, 1.807) is 0 Å². The summed E-state index contributed by atoms with van der Waals surface area (Å²) in [5.74, 6) is 2.96. The molecule has 0 saturated heterocycles. The molecule has 4 fully saturated rings. The fourth-order valence-electron chi connectivity index (χ4n) is 6.09. The summed E-state index contributed by atoms with van der Waals surface area (Å²) in [5, 5.41) is 7.87. The van der Waals surface area contributed by atoms with Gasteiger partial charge in [0.05, 0.1) is 0 Å². The van der Waals surface area contributed by atoms with Gasteiger partial charge in [-0.25, -0.2) is 0 Å². The van der Waals surface area contributed by atoms with E-state index in [1.807, 2.05) is 0 Å². The molecular weight excluding hydrogens is 312 g/mol. The molecule has 0 aliphatic heterocycles. The first-order valence-corrected chi connectivity index (χ1v) is 9.99. The molecule has 1 aromatic rings. The number of thiocarbonyl (C=S) groups is 1. The van der Waals surface area contributed by atoms with Gasteiger partial charge in [-0.05, 0) is 112 Å². The molecule has 3 heteroatoms. The molecule has 0 unspecified atom stereocenters. The van der Waals surface area contributed by atoms with Crippen LogP contribution in [0.5, 0.6) is 0 Å². The predicted molar refractivity (Wildman–Crippen MR) is 105 cm³/mol. The van der Waals surface area contributed by atoms with Gasteiger partial charge in [0, 0.05) is 11.7 Å². The molecule has 1 atom stereocenters. The van der Waals surface area contributed by atoms with Gasteiger partial charge < -0.3 is 10.6 Å². The van der Waals surface area contributed by atoms with Crippen LogP contribution < -0.4 is 10.6 Å². The van der Waals surface area contributed by atoms with Crippen LogP contribution in [0.2, 0.25) is 0 Å². The molecule has 5 rings (SSSR count). The Morgan fingerprint density at radius 2 is 1.67 bits per heavy atom. The van der Waals surface area contributed by atoms with Crippen molar-refractivity contribution in [2.75, 3.05) is 5.32 Å². The molecule has 0 aromatic heterocycles. The third kappa shape index (κ3) is 2.96. The van der Waals surface area contributed by atoms with Gasteiger partial charge in [0.25, 0.3) is 0 Å². The molecule has 4 saturated carbocycles. The number of aryl methyl sites for hydroxylation is 2. The molecule has 0 spiro atoms. The van der Waals surface area contributed by atoms with E-state index in [0.29, 0.717) is 11.5 Å². The molecule has 0 amide bonds. The minimum absolute atomic E-state index is 0.469. The third-order valence-corrected chi connectivity index (χ3v) is 7.21. The van der Waals surface area contributed by atoms with Crippen molar-refractivity contribution in [1.82, 2.24) is 5.32 Å². The smallest absolute Gasteiger partial charge is 0.171 e. The topological polar surface area (TPSA) is 24.1 Å². The van der Waals surface area contributed by atoms with Crippen molar-refractivity contribution in [3.05, 3.63) is 29.3 Å². The Labute approximate surface area is 151 Å². The van der Waals surface area contributed by atoms with Crippen molar-refractivity contribution in [3.8, 4) is 0 Å². The first kappa shape index (κ1) is 16.4. The van der Waals surface area contributed by atoms with Gasteiger partial charge in [0.1, 0.15) is 0 Å². The van der Waals surface area contributed by atoms with Crippen LogP contribution in [-0.4, -0.2) is 11.2 Å². The first-order chi connectivity index (χ1) is 11.4. The molecule has 24 heavy (non-hydrogen) atoms. The van der Waals surface area contributed by atoms with E-state index >= 15 is 0 Å². The standard InChI is InChI=1S/C21H30N2S/c1-13-4-5-14(2)19(6-13)23-20(24)22-15(3)21-10-16-7-17(11-21)9-18(8-16)12-21/h4-6,15-18H,7-12H2,1-3H3,(H2,22,23,24)/t15-,16?,17?,18?,21?/m1/s1. The average molecular weight is 343 g/mol. The van der Waals surface area contributed by atoms with E-state index in [9.17, 15) is 0 Å². The highest BCUT2D eigenvalue weighted by atomic mass is 32.1. The van der Waals surface area contributed by atoms with E-state index in [2.05, 4.69) is 49.6 Å². The lowest BCUT2D eigenvalue weighted by molar-refractivity contribution is -0.0671. The molecule has 2 N–H and O–H groups in total. The van der Waals surface area contributed by atoms with E-state index in [1.165, 1.54) is 49.7 Å². The molecule has 4 bridgehead atoms. The lowest BCUT2D eigenvalue weighted by Gasteiger charge is -2.59. The van der Waals surface area contributed by atoms with Gasteiger partial charge >= 0.3 is 0 Å². The maximum atomic E-state index is 5.65. The van der Waals surface area contributed by atoms with Crippen molar-refractivity contribution in [1.29, 1.82) is 0 Å². The van der Waals surface area contributed by atoms with Crippen LogP contribution in [0.15, 0.2) is 18.2 Å². The van der Waals surface area contributed by atoms with E-state index in [4.69, 9.17) is 12.2 Å². The number of benzene rings is 1. The third-order valence-electron chi connectivity index (χ3n) is 6.99. The molecule has 4 aliphatic carbocycles. The summed E-state index contributed by atoms with van der Waals surface area (Å²) in [7, 11) is 0. The molecule has 130 valence electrons. The quantitative estimate of drug-likeness (QED) is 0.739. The van der Waals surface area contributed by atoms with Crippen LogP contribution in [0.3, 0.4) is 0 Å². The number of nitrogens with one attached hydrogen (secondary N) is 2. The molecule has 0 heterocycles. The van der Waals surface area contributed by atoms with Crippen molar-refractivity contribution in [2.45, 2.75) is 65.3 Å². The average Bonchev–Trinajstić information content (AvgIpc) is 2.49. The van der Waals surface area contributed by atoms with Crippen LogP contribution in [0, 0.1) is 37.0 Å². The Kier molecular flexibility index (Phi) is 4.11. The first-order valence-electron chi connectivity index (χ1n) is 9.58. The largest absolute Gasteiger partial charge is 0.359 e. The molecule has 2 nitrogen and oxygen atoms in total. The second-order valence-corrected chi connectivity index (χ2v) is 9.33. The van der Waals surface area contributed by atoms with Gasteiger partial charge in [0.2, 0.25) is 0 Å². The van der Waals surface area contributed by atoms with Gasteiger partial charge in [-0.2, -0.15) is 0 Å². The van der Waals surface area contributed by atoms with Gasteiger partial charge in [-0.15, -0.1) is 0 Å². The highest BCUT2D eigenvalue weighted by molar-refractivity contribution is 7.80. The predicted octanol–water partition coefficient (Wildman–Crippen LogP) is 5.19. The van der Waals surface area contributed by atoms with Crippen LogP contribution >= 0.6 is 12.2 Å². The summed E-state index contributed by atoms with van der Waals surface area (Å²) in [5.41, 5.74) is 4.12. The zero-order valence-corrected chi connectivity index (χ0v) is 16.0. The number of hydrogen-bond acceptors (Lipinski definition) is 1. The summed E-state index contributed by atoms with van der Waals surface area (Å²) in [6.45, 7) is 6.62. The molecule has 1 aromatic carbocycles. The zero-order valence-electron chi connectivity index (χ0n) is 15.2. The van der Waals surface area contributed by atoms with Crippen molar-refractivity contribution >= 4 is 23.0 Å². The van der Waals surface area contributed by atoms with Crippen molar-refractivity contribution in [3.63, 3.8) is 0 Å². The Balaban J connectivity index is 1.43. The van der Waals surface area contributed by atoms with Crippen molar-refractivity contribution in [2.24, 2.45) is 23.2 Å². The van der Waals surface area contributed by atoms with Crippen LogP contribution in [0.1, 0.15) is 56.6 Å². The highest BCUT2D eigenvalue weighted by Gasteiger charge is 2.53. The summed E-state index contributed by atoms with van der Waals surface area (Å²) >= 11 is 5.65. The Morgan fingerprint density at radius 1 is 1.08 bits per heavy atom. The maximum Gasteiger partial charge on any atom is 0.171 e. The molecule has 0 radical (unpaired) electrons. The minimum atomic E-state index is 0.469. The minimum Gasteiger partial charge on any atom is -0.359 e. The highest BCUT2D eigenvalue weighted by Crippen LogP contribution is 2.61. The SMILES string of the molecule is Cc1ccc(C)c(NC(=S)N[C@H](C)C23CC4CC(CC(C4)C2)C3)c1. The van der Waals surface area contributed by atoms with Gasteiger partial charge in [-0.1, -0.05) is 12.1 Å². The Bertz CT molecular complexity index is 616. The molecular formula is C21H30N2S. The van der Waals surface area contributed by atoms with Crippen molar-refractivity contribution < 1.29 is 0 Å². The second kappa shape index (κ2) is 6.01. The zero-order chi connectivity index (χ0) is 16.9. The molecule has 4 aliphatic rings.